The summed E-state index contributed by atoms with van der Waals surface area (Å²) >= 11 is 0. The smallest absolute Gasteiger partial charge is 0.230 e. The van der Waals surface area contributed by atoms with E-state index in [1.165, 1.54) is 0 Å². The maximum Gasteiger partial charge on any atom is 0.230 e. The molecule has 2 aromatic rings. The lowest BCUT2D eigenvalue weighted by molar-refractivity contribution is 0.176. The van der Waals surface area contributed by atoms with Gasteiger partial charge in [0.25, 0.3) is 0 Å². The molecular formula is C13H22N6O. The second-order valence-electron chi connectivity index (χ2n) is 5.14. The number of hydrogen-bond donors (Lipinski definition) is 0. The van der Waals surface area contributed by atoms with Crippen LogP contribution in [-0.2, 0) is 26.6 Å². The zero-order valence-electron chi connectivity index (χ0n) is 12.8. The molecule has 7 heteroatoms. The predicted octanol–water partition coefficient (Wildman–Crippen LogP) is 1.48. The second-order valence-corrected chi connectivity index (χ2v) is 5.14. The van der Waals surface area contributed by atoms with Crippen LogP contribution < -0.4 is 0 Å². The van der Waals surface area contributed by atoms with Crippen LogP contribution in [0.4, 0.5) is 0 Å². The maximum atomic E-state index is 5.58. The van der Waals surface area contributed by atoms with Gasteiger partial charge in [0.2, 0.25) is 11.8 Å². The molecule has 0 radical (unpaired) electrons. The number of nitrogens with zero attached hydrogens (tertiary/aromatic N) is 6. The van der Waals surface area contributed by atoms with Crippen molar-refractivity contribution >= 4 is 0 Å². The molecule has 7 nitrogen and oxygen atoms in total. The van der Waals surface area contributed by atoms with Crippen molar-refractivity contribution in [2.24, 2.45) is 7.05 Å². The van der Waals surface area contributed by atoms with Crippen molar-refractivity contribution in [3.8, 4) is 0 Å². The first-order valence-electron chi connectivity index (χ1n) is 6.91. The first kappa shape index (κ1) is 14.6. The Labute approximate surface area is 119 Å². The molecule has 2 aromatic heterocycles. The van der Waals surface area contributed by atoms with Crippen LogP contribution in [0.1, 0.15) is 44.2 Å². The Kier molecular flexibility index (Phi) is 4.49. The Morgan fingerprint density at radius 2 is 1.90 bits per heavy atom. The molecule has 0 saturated heterocycles. The van der Waals surface area contributed by atoms with E-state index in [9.17, 15) is 0 Å². The maximum absolute atomic E-state index is 5.58. The molecule has 0 aromatic carbocycles. The van der Waals surface area contributed by atoms with Crippen molar-refractivity contribution < 1.29 is 4.42 Å². The van der Waals surface area contributed by atoms with E-state index in [1.807, 2.05) is 25.6 Å². The van der Waals surface area contributed by atoms with Crippen LogP contribution in [0.25, 0.3) is 0 Å². The van der Waals surface area contributed by atoms with Crippen molar-refractivity contribution in [3.05, 3.63) is 23.4 Å². The Hall–Kier alpha value is -1.76. The van der Waals surface area contributed by atoms with Gasteiger partial charge in [0.1, 0.15) is 11.6 Å². The van der Waals surface area contributed by atoms with Crippen LogP contribution in [0.3, 0.4) is 0 Å². The van der Waals surface area contributed by atoms with Crippen LogP contribution in [0.15, 0.2) is 4.42 Å². The fourth-order valence-corrected chi connectivity index (χ4v) is 1.97. The summed E-state index contributed by atoms with van der Waals surface area (Å²) in [5.74, 6) is 3.05. The van der Waals surface area contributed by atoms with Crippen molar-refractivity contribution in [2.45, 2.75) is 53.2 Å². The van der Waals surface area contributed by atoms with E-state index in [0.29, 0.717) is 30.9 Å². The summed E-state index contributed by atoms with van der Waals surface area (Å²) in [5.41, 5.74) is 0. The van der Waals surface area contributed by atoms with Crippen molar-refractivity contribution in [1.82, 2.24) is 29.9 Å². The van der Waals surface area contributed by atoms with E-state index in [2.05, 4.69) is 39.0 Å². The average molecular weight is 278 g/mol. The molecule has 0 unspecified atom stereocenters. The van der Waals surface area contributed by atoms with Crippen LogP contribution in [-0.4, -0.2) is 35.9 Å². The molecule has 0 amide bonds. The molecule has 0 bridgehead atoms. The van der Waals surface area contributed by atoms with Gasteiger partial charge in [-0.05, 0) is 20.8 Å². The summed E-state index contributed by atoms with van der Waals surface area (Å²) in [4.78, 5) is 6.67. The standard InChI is InChI=1S/C13H22N6O/c1-6-12-15-16-13(20-12)8-19(9(2)3)7-11-14-10(4)17-18(11)5/h9H,6-8H2,1-5H3. The third kappa shape index (κ3) is 3.41. The lowest BCUT2D eigenvalue weighted by Gasteiger charge is -2.23. The fourth-order valence-electron chi connectivity index (χ4n) is 1.97. The van der Waals surface area contributed by atoms with Crippen LogP contribution in [0.2, 0.25) is 0 Å². The van der Waals surface area contributed by atoms with Gasteiger partial charge in [-0.15, -0.1) is 10.2 Å². The largest absolute Gasteiger partial charge is 0.424 e. The van der Waals surface area contributed by atoms with E-state index in [4.69, 9.17) is 4.42 Å². The molecule has 110 valence electrons. The van der Waals surface area contributed by atoms with Gasteiger partial charge >= 0.3 is 0 Å². The lowest BCUT2D eigenvalue weighted by Crippen LogP contribution is -2.31. The quantitative estimate of drug-likeness (QED) is 0.797. The zero-order chi connectivity index (χ0) is 14.7. The number of rotatable bonds is 6. The average Bonchev–Trinajstić information content (AvgIpc) is 2.95. The summed E-state index contributed by atoms with van der Waals surface area (Å²) < 4.78 is 7.40. The highest BCUT2D eigenvalue weighted by Crippen LogP contribution is 2.11. The monoisotopic (exact) mass is 278 g/mol. The van der Waals surface area contributed by atoms with Crippen molar-refractivity contribution in [2.75, 3.05) is 0 Å². The van der Waals surface area contributed by atoms with Gasteiger partial charge < -0.3 is 4.42 Å². The Morgan fingerprint density at radius 3 is 2.40 bits per heavy atom. The Morgan fingerprint density at radius 1 is 1.20 bits per heavy atom. The minimum atomic E-state index is 0.351. The molecule has 0 aliphatic carbocycles. The highest BCUT2D eigenvalue weighted by atomic mass is 16.4. The molecule has 0 atom stereocenters. The second kappa shape index (κ2) is 6.13. The Balaban J connectivity index is 2.09. The molecule has 2 rings (SSSR count). The predicted molar refractivity (Wildman–Crippen MR) is 73.8 cm³/mol. The van der Waals surface area contributed by atoms with E-state index >= 15 is 0 Å². The molecule has 0 N–H and O–H groups in total. The highest BCUT2D eigenvalue weighted by molar-refractivity contribution is 4.92. The van der Waals surface area contributed by atoms with Gasteiger partial charge in [-0.1, -0.05) is 6.92 Å². The minimum absolute atomic E-state index is 0.351. The highest BCUT2D eigenvalue weighted by Gasteiger charge is 2.17. The normalized spacial score (nSPS) is 11.8. The molecular weight excluding hydrogens is 256 g/mol. The number of hydrogen-bond acceptors (Lipinski definition) is 6. The van der Waals surface area contributed by atoms with Crippen molar-refractivity contribution in [3.63, 3.8) is 0 Å². The van der Waals surface area contributed by atoms with Crippen molar-refractivity contribution in [1.29, 1.82) is 0 Å². The molecule has 2 heterocycles. The number of aryl methyl sites for hydroxylation is 3. The van der Waals surface area contributed by atoms with Gasteiger partial charge in [-0.2, -0.15) is 5.10 Å². The van der Waals surface area contributed by atoms with Gasteiger partial charge in [0.15, 0.2) is 0 Å². The third-order valence-electron chi connectivity index (χ3n) is 3.18. The minimum Gasteiger partial charge on any atom is -0.424 e. The molecule has 0 aliphatic rings. The zero-order valence-corrected chi connectivity index (χ0v) is 12.8. The van der Waals surface area contributed by atoms with Crippen LogP contribution in [0, 0.1) is 6.92 Å². The van der Waals surface area contributed by atoms with E-state index in [0.717, 1.165) is 18.1 Å². The number of aromatic nitrogens is 5. The molecule has 0 spiro atoms. The Bertz CT molecular complexity index is 559. The first-order chi connectivity index (χ1) is 9.49. The van der Waals surface area contributed by atoms with Gasteiger partial charge in [0.05, 0.1) is 13.1 Å². The summed E-state index contributed by atoms with van der Waals surface area (Å²) in [5, 5.41) is 12.4. The molecule has 0 aliphatic heterocycles. The SMILES string of the molecule is CCc1nnc(CN(Cc2nc(C)nn2C)C(C)C)o1. The lowest BCUT2D eigenvalue weighted by atomic mass is 10.3. The summed E-state index contributed by atoms with van der Waals surface area (Å²) in [6, 6.07) is 0.351. The third-order valence-corrected chi connectivity index (χ3v) is 3.18. The molecule has 0 saturated carbocycles. The van der Waals surface area contributed by atoms with E-state index < -0.39 is 0 Å². The molecule has 20 heavy (non-hydrogen) atoms. The van der Waals surface area contributed by atoms with Crippen LogP contribution >= 0.6 is 0 Å². The topological polar surface area (TPSA) is 72.9 Å². The summed E-state index contributed by atoms with van der Waals surface area (Å²) in [6.45, 7) is 9.50. The van der Waals surface area contributed by atoms with E-state index in [1.54, 1.807) is 0 Å². The molecule has 0 fully saturated rings. The summed E-state index contributed by atoms with van der Waals surface area (Å²) in [7, 11) is 1.91. The summed E-state index contributed by atoms with van der Waals surface area (Å²) in [6.07, 6.45) is 0.761. The van der Waals surface area contributed by atoms with Gasteiger partial charge in [0, 0.05) is 19.5 Å². The first-order valence-corrected chi connectivity index (χ1v) is 6.91. The van der Waals surface area contributed by atoms with Gasteiger partial charge in [-0.3, -0.25) is 9.58 Å². The van der Waals surface area contributed by atoms with Crippen LogP contribution in [0.5, 0.6) is 0 Å². The fraction of sp³-hybridized carbons (Fsp3) is 0.692. The van der Waals surface area contributed by atoms with Gasteiger partial charge in [-0.25, -0.2) is 4.98 Å². The van der Waals surface area contributed by atoms with E-state index in [-0.39, 0.29) is 0 Å².